The number of hydrogen-bond acceptors (Lipinski definition) is 5. The lowest BCUT2D eigenvalue weighted by Gasteiger charge is -2.16. The number of aromatic nitrogens is 1. The highest BCUT2D eigenvalue weighted by Crippen LogP contribution is 2.21. The smallest absolute Gasteiger partial charge is 0.338 e. The van der Waals surface area contributed by atoms with Crippen LogP contribution in [0, 0.1) is 5.92 Å². The third-order valence-corrected chi connectivity index (χ3v) is 4.91. The second-order valence-electron chi connectivity index (χ2n) is 6.92. The lowest BCUT2D eigenvalue weighted by atomic mass is 10.1. The normalized spacial score (nSPS) is 17.1. The Morgan fingerprint density at radius 1 is 1.15 bits per heavy atom. The number of hydrogen-bond donors (Lipinski definition) is 0. The van der Waals surface area contributed by atoms with Gasteiger partial charge in [-0.2, -0.15) is 0 Å². The Labute approximate surface area is 158 Å². The van der Waals surface area contributed by atoms with Crippen LogP contribution in [0.1, 0.15) is 22.3 Å². The standard InChI is InChI=1S/C22H22N2O3/c25-22(20-8-6-19(7-9-20)21-12-23-16-27-21)26-15-18-10-11-24(14-18)13-17-4-2-1-3-5-17/h1-9,12,16,18H,10-11,13-15H2. The van der Waals surface area contributed by atoms with Gasteiger partial charge in [-0.1, -0.05) is 42.5 Å². The Morgan fingerprint density at radius 3 is 2.70 bits per heavy atom. The molecule has 4 rings (SSSR count). The Kier molecular flexibility index (Phi) is 5.30. The van der Waals surface area contributed by atoms with E-state index in [1.807, 2.05) is 18.2 Å². The van der Waals surface area contributed by atoms with Gasteiger partial charge in [0, 0.05) is 24.6 Å². The topological polar surface area (TPSA) is 55.6 Å². The van der Waals surface area contributed by atoms with Crippen LogP contribution in [0.25, 0.3) is 11.3 Å². The van der Waals surface area contributed by atoms with E-state index in [0.717, 1.165) is 31.6 Å². The van der Waals surface area contributed by atoms with Crippen molar-refractivity contribution in [3.05, 3.63) is 78.3 Å². The van der Waals surface area contributed by atoms with Gasteiger partial charge in [0.1, 0.15) is 0 Å². The number of ether oxygens (including phenoxy) is 1. The summed E-state index contributed by atoms with van der Waals surface area (Å²) in [5.41, 5.74) is 2.76. The SMILES string of the molecule is O=C(OCC1CCN(Cc2ccccc2)C1)c1ccc(-c2cnco2)cc1. The monoisotopic (exact) mass is 362 g/mol. The Balaban J connectivity index is 1.26. The largest absolute Gasteiger partial charge is 0.462 e. The first-order valence-electron chi connectivity index (χ1n) is 9.20. The van der Waals surface area contributed by atoms with Crippen LogP contribution in [0.3, 0.4) is 0 Å². The van der Waals surface area contributed by atoms with Crippen LogP contribution < -0.4 is 0 Å². The van der Waals surface area contributed by atoms with E-state index in [1.54, 1.807) is 18.3 Å². The van der Waals surface area contributed by atoms with Crippen molar-refractivity contribution in [3.8, 4) is 11.3 Å². The van der Waals surface area contributed by atoms with Gasteiger partial charge in [-0.3, -0.25) is 4.90 Å². The quantitative estimate of drug-likeness (QED) is 0.620. The predicted octanol–water partition coefficient (Wildman–Crippen LogP) is 4.02. The van der Waals surface area contributed by atoms with Gasteiger partial charge < -0.3 is 9.15 Å². The fourth-order valence-electron chi connectivity index (χ4n) is 3.44. The average molecular weight is 362 g/mol. The van der Waals surface area contributed by atoms with Crippen LogP contribution >= 0.6 is 0 Å². The van der Waals surface area contributed by atoms with E-state index in [-0.39, 0.29) is 5.97 Å². The van der Waals surface area contributed by atoms with Gasteiger partial charge in [0.15, 0.2) is 12.2 Å². The van der Waals surface area contributed by atoms with Crippen LogP contribution in [0.15, 0.2) is 71.6 Å². The Hall–Kier alpha value is -2.92. The van der Waals surface area contributed by atoms with Crippen molar-refractivity contribution in [1.29, 1.82) is 0 Å². The van der Waals surface area contributed by atoms with E-state index < -0.39 is 0 Å². The molecule has 0 radical (unpaired) electrons. The van der Waals surface area contributed by atoms with Crippen LogP contribution in [0.4, 0.5) is 0 Å². The summed E-state index contributed by atoms with van der Waals surface area (Å²) >= 11 is 0. The number of carbonyl (C=O) groups is 1. The molecule has 2 aromatic carbocycles. The van der Waals surface area contributed by atoms with Crippen molar-refractivity contribution in [3.63, 3.8) is 0 Å². The van der Waals surface area contributed by atoms with E-state index in [1.165, 1.54) is 12.0 Å². The molecular formula is C22H22N2O3. The maximum Gasteiger partial charge on any atom is 0.338 e. The summed E-state index contributed by atoms with van der Waals surface area (Å²) in [5, 5.41) is 0. The molecule has 1 aromatic heterocycles. The van der Waals surface area contributed by atoms with E-state index in [9.17, 15) is 4.79 Å². The van der Waals surface area contributed by atoms with Gasteiger partial charge in [0.05, 0.1) is 18.4 Å². The first-order chi connectivity index (χ1) is 13.3. The minimum Gasteiger partial charge on any atom is -0.462 e. The molecule has 1 saturated heterocycles. The second kappa shape index (κ2) is 8.18. The summed E-state index contributed by atoms with van der Waals surface area (Å²) in [6, 6.07) is 17.7. The molecule has 0 saturated carbocycles. The maximum atomic E-state index is 12.3. The molecule has 5 nitrogen and oxygen atoms in total. The molecule has 0 spiro atoms. The van der Waals surface area contributed by atoms with Gasteiger partial charge in [0.2, 0.25) is 0 Å². The molecular weight excluding hydrogens is 340 g/mol. The highest BCUT2D eigenvalue weighted by molar-refractivity contribution is 5.89. The Bertz CT molecular complexity index is 860. The predicted molar refractivity (Wildman–Crippen MR) is 102 cm³/mol. The highest BCUT2D eigenvalue weighted by atomic mass is 16.5. The van der Waals surface area contributed by atoms with Gasteiger partial charge in [0.25, 0.3) is 0 Å². The summed E-state index contributed by atoms with van der Waals surface area (Å²) in [7, 11) is 0. The molecule has 3 aromatic rings. The van der Waals surface area contributed by atoms with E-state index in [0.29, 0.717) is 23.8 Å². The summed E-state index contributed by atoms with van der Waals surface area (Å²) in [4.78, 5) is 18.6. The number of rotatable bonds is 6. The average Bonchev–Trinajstić information content (AvgIpc) is 3.39. The summed E-state index contributed by atoms with van der Waals surface area (Å²) < 4.78 is 10.8. The van der Waals surface area contributed by atoms with Crippen molar-refractivity contribution < 1.29 is 13.9 Å². The lowest BCUT2D eigenvalue weighted by Crippen LogP contribution is -2.22. The molecule has 0 bridgehead atoms. The number of carbonyl (C=O) groups excluding carboxylic acids is 1. The minimum atomic E-state index is -0.277. The maximum absolute atomic E-state index is 12.3. The molecule has 0 aliphatic carbocycles. The first-order valence-corrected chi connectivity index (χ1v) is 9.20. The summed E-state index contributed by atoms with van der Waals surface area (Å²) in [6.45, 7) is 3.43. The van der Waals surface area contributed by atoms with Crippen molar-refractivity contribution >= 4 is 5.97 Å². The first kappa shape index (κ1) is 17.5. The molecule has 5 heteroatoms. The number of esters is 1. The zero-order valence-corrected chi connectivity index (χ0v) is 15.1. The molecule has 1 aliphatic rings. The van der Waals surface area contributed by atoms with Crippen LogP contribution in [0.5, 0.6) is 0 Å². The van der Waals surface area contributed by atoms with Crippen molar-refractivity contribution in [2.24, 2.45) is 5.92 Å². The molecule has 1 atom stereocenters. The number of oxazole rings is 1. The van der Waals surface area contributed by atoms with Gasteiger partial charge in [-0.25, -0.2) is 9.78 Å². The second-order valence-corrected chi connectivity index (χ2v) is 6.92. The van der Waals surface area contributed by atoms with E-state index in [4.69, 9.17) is 9.15 Å². The third-order valence-electron chi connectivity index (χ3n) is 4.91. The highest BCUT2D eigenvalue weighted by Gasteiger charge is 2.24. The number of nitrogens with zero attached hydrogens (tertiary/aromatic N) is 2. The zero-order valence-electron chi connectivity index (χ0n) is 15.1. The molecule has 27 heavy (non-hydrogen) atoms. The number of benzene rings is 2. The van der Waals surface area contributed by atoms with Gasteiger partial charge >= 0.3 is 5.97 Å². The van der Waals surface area contributed by atoms with Crippen LogP contribution in [-0.2, 0) is 11.3 Å². The summed E-state index contributed by atoms with van der Waals surface area (Å²) in [5.74, 6) is 0.797. The lowest BCUT2D eigenvalue weighted by molar-refractivity contribution is 0.0443. The Morgan fingerprint density at radius 2 is 1.96 bits per heavy atom. The van der Waals surface area contributed by atoms with Gasteiger partial charge in [-0.05, 0) is 30.7 Å². The summed E-state index contributed by atoms with van der Waals surface area (Å²) in [6.07, 6.45) is 4.10. The van der Waals surface area contributed by atoms with Crippen LogP contribution in [-0.4, -0.2) is 35.5 Å². The van der Waals surface area contributed by atoms with Crippen molar-refractivity contribution in [2.75, 3.05) is 19.7 Å². The van der Waals surface area contributed by atoms with Crippen molar-refractivity contribution in [1.82, 2.24) is 9.88 Å². The third kappa shape index (κ3) is 4.44. The van der Waals surface area contributed by atoms with E-state index in [2.05, 4.69) is 34.1 Å². The molecule has 1 aliphatic heterocycles. The van der Waals surface area contributed by atoms with Crippen molar-refractivity contribution in [2.45, 2.75) is 13.0 Å². The molecule has 0 N–H and O–H groups in total. The van der Waals surface area contributed by atoms with Crippen LogP contribution in [0.2, 0.25) is 0 Å². The zero-order chi connectivity index (χ0) is 18.5. The minimum absolute atomic E-state index is 0.277. The molecule has 0 amide bonds. The molecule has 138 valence electrons. The number of likely N-dealkylation sites (tertiary alicyclic amines) is 1. The van der Waals surface area contributed by atoms with Gasteiger partial charge in [-0.15, -0.1) is 0 Å². The van der Waals surface area contributed by atoms with E-state index >= 15 is 0 Å². The fraction of sp³-hybridized carbons (Fsp3) is 0.273. The molecule has 2 heterocycles. The molecule has 1 unspecified atom stereocenters. The fourth-order valence-corrected chi connectivity index (χ4v) is 3.44. The molecule has 1 fully saturated rings.